The van der Waals surface area contributed by atoms with E-state index in [0.29, 0.717) is 0 Å². The second-order valence-corrected chi connectivity index (χ2v) is 11.0. The van der Waals surface area contributed by atoms with E-state index in [1.807, 2.05) is 36.4 Å². The zero-order valence-corrected chi connectivity index (χ0v) is 21.7. The number of benzene rings is 3. The molecule has 3 aromatic carbocycles. The van der Waals surface area contributed by atoms with E-state index in [0.717, 1.165) is 61.9 Å². The second kappa shape index (κ2) is 11.2. The van der Waals surface area contributed by atoms with Crippen LogP contribution in [0.2, 0.25) is 0 Å². The Balaban J connectivity index is 1.67. The molecular weight excluding hydrogens is 446 g/mol. The lowest BCUT2D eigenvalue weighted by Crippen LogP contribution is -2.53. The van der Waals surface area contributed by atoms with Gasteiger partial charge in [0, 0.05) is 36.2 Å². The van der Waals surface area contributed by atoms with Crippen LogP contribution in [-0.2, 0) is 11.0 Å². The molecule has 1 aliphatic rings. The molecule has 0 atom stereocenters. The first kappa shape index (κ1) is 26.4. The van der Waals surface area contributed by atoms with Gasteiger partial charge in [-0.05, 0) is 54.5 Å². The predicted octanol–water partition coefficient (Wildman–Crippen LogP) is 5.64. The molecular formula is C32H41NO3. The van der Waals surface area contributed by atoms with Gasteiger partial charge in [0.05, 0.1) is 6.61 Å². The topological polar surface area (TPSA) is 63.9 Å². The third-order valence-electron chi connectivity index (χ3n) is 8.34. The second-order valence-electron chi connectivity index (χ2n) is 11.0. The number of aliphatic hydroxyl groups is 3. The highest BCUT2D eigenvalue weighted by Crippen LogP contribution is 2.54. The summed E-state index contributed by atoms with van der Waals surface area (Å²) in [6.45, 7) is 6.10. The summed E-state index contributed by atoms with van der Waals surface area (Å²) in [5, 5.41) is 32.0. The molecule has 4 rings (SSSR count). The Bertz CT molecular complexity index is 1030. The summed E-state index contributed by atoms with van der Waals surface area (Å²) in [6, 6.07) is 28.8. The smallest absolute Gasteiger partial charge is 0.120 e. The molecule has 192 valence electrons. The van der Waals surface area contributed by atoms with Crippen molar-refractivity contribution >= 4 is 5.69 Å². The van der Waals surface area contributed by atoms with Gasteiger partial charge in [0.25, 0.3) is 0 Å². The third-order valence-corrected chi connectivity index (χ3v) is 8.34. The molecule has 4 heteroatoms. The first-order valence-corrected chi connectivity index (χ1v) is 13.3. The maximum atomic E-state index is 12.7. The van der Waals surface area contributed by atoms with E-state index in [-0.39, 0.29) is 24.0 Å². The van der Waals surface area contributed by atoms with Crippen LogP contribution in [0.4, 0.5) is 5.69 Å². The van der Waals surface area contributed by atoms with Crippen molar-refractivity contribution < 1.29 is 15.3 Å². The van der Waals surface area contributed by atoms with Crippen molar-refractivity contribution in [3.8, 4) is 0 Å². The van der Waals surface area contributed by atoms with Crippen molar-refractivity contribution in [1.29, 1.82) is 0 Å². The predicted molar refractivity (Wildman–Crippen MR) is 147 cm³/mol. The summed E-state index contributed by atoms with van der Waals surface area (Å²) >= 11 is 0. The molecule has 0 saturated carbocycles. The SMILES string of the molecule is CC(C)(CO)c1ccc(N2CCC(CCCCO)(C(O)(c3ccccc3)c3ccccc3)CC2)cc1. The van der Waals surface area contributed by atoms with Gasteiger partial charge in [-0.25, -0.2) is 0 Å². The lowest BCUT2D eigenvalue weighted by molar-refractivity contribution is -0.0793. The van der Waals surface area contributed by atoms with Gasteiger partial charge in [0.1, 0.15) is 5.60 Å². The highest BCUT2D eigenvalue weighted by molar-refractivity contribution is 5.50. The average Bonchev–Trinajstić information content (AvgIpc) is 2.94. The minimum Gasteiger partial charge on any atom is -0.396 e. The molecule has 1 heterocycles. The highest BCUT2D eigenvalue weighted by Gasteiger charge is 2.53. The van der Waals surface area contributed by atoms with E-state index in [4.69, 9.17) is 0 Å². The first-order valence-electron chi connectivity index (χ1n) is 13.3. The Morgan fingerprint density at radius 1 is 0.722 bits per heavy atom. The van der Waals surface area contributed by atoms with Crippen LogP contribution in [0.15, 0.2) is 84.9 Å². The molecule has 36 heavy (non-hydrogen) atoms. The summed E-state index contributed by atoms with van der Waals surface area (Å²) in [4.78, 5) is 2.41. The van der Waals surface area contributed by atoms with Crippen molar-refractivity contribution in [1.82, 2.24) is 0 Å². The summed E-state index contributed by atoms with van der Waals surface area (Å²) in [5.74, 6) is 0. The summed E-state index contributed by atoms with van der Waals surface area (Å²) in [5.41, 5.74) is 2.45. The van der Waals surface area contributed by atoms with Gasteiger partial charge in [-0.2, -0.15) is 0 Å². The lowest BCUT2D eigenvalue weighted by atomic mass is 9.58. The van der Waals surface area contributed by atoms with Crippen molar-refractivity contribution in [2.45, 2.75) is 57.0 Å². The Labute approximate surface area is 216 Å². The van der Waals surface area contributed by atoms with E-state index in [1.165, 1.54) is 5.69 Å². The number of nitrogens with zero attached hydrogens (tertiary/aromatic N) is 1. The summed E-state index contributed by atoms with van der Waals surface area (Å²) < 4.78 is 0. The molecule has 1 aliphatic heterocycles. The fourth-order valence-electron chi connectivity index (χ4n) is 5.91. The van der Waals surface area contributed by atoms with Crippen LogP contribution < -0.4 is 4.90 Å². The van der Waals surface area contributed by atoms with E-state index in [1.54, 1.807) is 0 Å². The molecule has 0 spiro atoms. The molecule has 0 bridgehead atoms. The number of hydrogen-bond acceptors (Lipinski definition) is 4. The first-order chi connectivity index (χ1) is 17.4. The molecule has 0 unspecified atom stereocenters. The van der Waals surface area contributed by atoms with Crippen LogP contribution in [-0.4, -0.2) is 41.6 Å². The normalized spacial score (nSPS) is 16.2. The van der Waals surface area contributed by atoms with Crippen LogP contribution in [0, 0.1) is 5.41 Å². The quantitative estimate of drug-likeness (QED) is 0.324. The maximum Gasteiger partial charge on any atom is 0.120 e. The van der Waals surface area contributed by atoms with E-state index in [9.17, 15) is 15.3 Å². The van der Waals surface area contributed by atoms with Gasteiger partial charge in [-0.1, -0.05) is 93.1 Å². The molecule has 0 aliphatic carbocycles. The molecule has 0 radical (unpaired) electrons. The van der Waals surface area contributed by atoms with E-state index >= 15 is 0 Å². The Kier molecular flexibility index (Phi) is 8.19. The zero-order valence-electron chi connectivity index (χ0n) is 21.7. The van der Waals surface area contributed by atoms with Crippen molar-refractivity contribution in [3.63, 3.8) is 0 Å². The third kappa shape index (κ3) is 5.08. The van der Waals surface area contributed by atoms with Gasteiger partial charge < -0.3 is 20.2 Å². The van der Waals surface area contributed by atoms with Crippen molar-refractivity contribution in [2.75, 3.05) is 31.2 Å². The lowest BCUT2D eigenvalue weighted by Gasteiger charge is -2.53. The Hall–Kier alpha value is -2.66. The fraction of sp³-hybridized carbons (Fsp3) is 0.438. The maximum absolute atomic E-state index is 12.7. The standard InChI is InChI=1S/C32H41NO3/c1-30(2,25-35)26-15-17-29(18-16-26)33-22-20-31(21-23-33,19-9-10-24-34)32(36,27-11-5-3-6-12-27)28-13-7-4-8-14-28/h3-8,11-18,34-36H,9-10,19-25H2,1-2H3. The van der Waals surface area contributed by atoms with Gasteiger partial charge in [0.15, 0.2) is 0 Å². The van der Waals surface area contributed by atoms with Crippen LogP contribution >= 0.6 is 0 Å². The number of piperidine rings is 1. The number of unbranched alkanes of at least 4 members (excludes halogenated alkanes) is 1. The average molecular weight is 488 g/mol. The fourth-order valence-corrected chi connectivity index (χ4v) is 5.91. The largest absolute Gasteiger partial charge is 0.396 e. The molecule has 0 amide bonds. The minimum atomic E-state index is -1.12. The number of aliphatic hydroxyl groups excluding tert-OH is 2. The zero-order chi connectivity index (χ0) is 25.7. The van der Waals surface area contributed by atoms with Gasteiger partial charge in [-0.15, -0.1) is 0 Å². The number of hydrogen-bond donors (Lipinski definition) is 3. The molecule has 3 N–H and O–H groups in total. The summed E-state index contributed by atoms with van der Waals surface area (Å²) in [7, 11) is 0. The molecule has 1 saturated heterocycles. The monoisotopic (exact) mass is 487 g/mol. The number of anilines is 1. The Morgan fingerprint density at radius 2 is 1.25 bits per heavy atom. The molecule has 4 nitrogen and oxygen atoms in total. The van der Waals surface area contributed by atoms with Crippen molar-refractivity contribution in [2.24, 2.45) is 5.41 Å². The van der Waals surface area contributed by atoms with Gasteiger partial charge in [-0.3, -0.25) is 0 Å². The number of rotatable bonds is 10. The summed E-state index contributed by atoms with van der Waals surface area (Å²) in [6.07, 6.45) is 4.17. The minimum absolute atomic E-state index is 0.115. The van der Waals surface area contributed by atoms with Gasteiger partial charge >= 0.3 is 0 Å². The van der Waals surface area contributed by atoms with E-state index < -0.39 is 5.60 Å². The molecule has 1 fully saturated rings. The van der Waals surface area contributed by atoms with Crippen LogP contribution in [0.25, 0.3) is 0 Å². The van der Waals surface area contributed by atoms with E-state index in [2.05, 4.69) is 67.3 Å². The highest BCUT2D eigenvalue weighted by atomic mass is 16.3. The Morgan fingerprint density at radius 3 is 1.72 bits per heavy atom. The van der Waals surface area contributed by atoms with Crippen LogP contribution in [0.1, 0.15) is 62.6 Å². The van der Waals surface area contributed by atoms with Crippen molar-refractivity contribution in [3.05, 3.63) is 102 Å². The van der Waals surface area contributed by atoms with Crippen LogP contribution in [0.5, 0.6) is 0 Å². The molecule has 0 aromatic heterocycles. The molecule has 3 aromatic rings. The van der Waals surface area contributed by atoms with Crippen LogP contribution in [0.3, 0.4) is 0 Å². The van der Waals surface area contributed by atoms with Gasteiger partial charge in [0.2, 0.25) is 0 Å².